The van der Waals surface area contributed by atoms with Gasteiger partial charge in [0.05, 0.1) is 11.1 Å². The Morgan fingerprint density at radius 1 is 0.879 bits per heavy atom. The van der Waals surface area contributed by atoms with Gasteiger partial charge in [-0.1, -0.05) is 55.8 Å². The lowest BCUT2D eigenvalue weighted by atomic mass is 10.0. The summed E-state index contributed by atoms with van der Waals surface area (Å²) in [5.41, 5.74) is 7.98. The van der Waals surface area contributed by atoms with Crippen molar-refractivity contribution in [1.29, 1.82) is 0 Å². The van der Waals surface area contributed by atoms with Gasteiger partial charge >= 0.3 is 0 Å². The van der Waals surface area contributed by atoms with Crippen LogP contribution >= 0.6 is 28.1 Å². The van der Waals surface area contributed by atoms with Crippen molar-refractivity contribution < 1.29 is 14.3 Å². The number of thiocarbonyl (C=S) groups is 1. The van der Waals surface area contributed by atoms with E-state index < -0.39 is 5.91 Å². The second-order valence-corrected chi connectivity index (χ2v) is 8.42. The molecule has 0 unspecified atom stereocenters. The molecule has 0 heterocycles. The summed E-state index contributed by atoms with van der Waals surface area (Å²) in [5, 5.41) is 2.52. The van der Waals surface area contributed by atoms with Gasteiger partial charge in [0.2, 0.25) is 0 Å². The summed E-state index contributed by atoms with van der Waals surface area (Å²) in [6.45, 7) is 2.70. The molecule has 0 aliphatic heterocycles. The van der Waals surface area contributed by atoms with Crippen LogP contribution < -0.4 is 20.9 Å². The van der Waals surface area contributed by atoms with E-state index in [4.69, 9.17) is 17.0 Å². The van der Waals surface area contributed by atoms with Crippen LogP contribution in [0, 0.1) is 0 Å². The fourth-order valence-corrected chi connectivity index (χ4v) is 3.56. The Bertz CT molecular complexity index is 1120. The number of benzene rings is 3. The molecule has 33 heavy (non-hydrogen) atoms. The SMILES string of the molecule is CCCCOc1ccc(C(=O)NC(=S)NNC(=O)c2ccc(-c3ccccc3)cc2)cc1Br. The predicted octanol–water partition coefficient (Wildman–Crippen LogP) is 5.24. The zero-order valence-electron chi connectivity index (χ0n) is 18.1. The number of nitrogens with one attached hydrogen (secondary N) is 3. The summed E-state index contributed by atoms with van der Waals surface area (Å²) in [4.78, 5) is 24.8. The molecule has 0 saturated carbocycles. The van der Waals surface area contributed by atoms with Gasteiger partial charge in [-0.3, -0.25) is 25.8 Å². The van der Waals surface area contributed by atoms with E-state index in [0.29, 0.717) is 28.0 Å². The molecule has 0 saturated heterocycles. The molecular weight excluding hydrogens is 502 g/mol. The first-order valence-corrected chi connectivity index (χ1v) is 11.7. The topological polar surface area (TPSA) is 79.5 Å². The number of halogens is 1. The lowest BCUT2D eigenvalue weighted by Gasteiger charge is -2.12. The molecule has 3 aromatic rings. The number of unbranched alkanes of at least 4 members (excludes halogenated alkanes) is 1. The quantitative estimate of drug-likeness (QED) is 0.223. The van der Waals surface area contributed by atoms with E-state index in [1.807, 2.05) is 42.5 Å². The van der Waals surface area contributed by atoms with E-state index in [0.717, 1.165) is 24.0 Å². The first kappa shape index (κ1) is 24.4. The van der Waals surface area contributed by atoms with E-state index in [1.165, 1.54) is 0 Å². The van der Waals surface area contributed by atoms with Gasteiger partial charge in [-0.05, 0) is 76.0 Å². The molecule has 0 aromatic heterocycles. The molecule has 0 fully saturated rings. The molecule has 0 bridgehead atoms. The molecule has 6 nitrogen and oxygen atoms in total. The number of amides is 2. The van der Waals surface area contributed by atoms with Crippen LogP contribution in [0.1, 0.15) is 40.5 Å². The molecule has 0 aliphatic rings. The fourth-order valence-electron chi connectivity index (χ4n) is 2.92. The number of carbonyl (C=O) groups excluding carboxylic acids is 2. The summed E-state index contributed by atoms with van der Waals surface area (Å²) >= 11 is 8.54. The molecule has 0 spiro atoms. The van der Waals surface area contributed by atoms with Crippen molar-refractivity contribution in [1.82, 2.24) is 16.2 Å². The van der Waals surface area contributed by atoms with E-state index in [9.17, 15) is 9.59 Å². The second kappa shape index (κ2) is 12.1. The van der Waals surface area contributed by atoms with Crippen molar-refractivity contribution in [3.8, 4) is 16.9 Å². The third kappa shape index (κ3) is 7.13. The highest BCUT2D eigenvalue weighted by atomic mass is 79.9. The van der Waals surface area contributed by atoms with Crippen LogP contribution in [-0.2, 0) is 0 Å². The van der Waals surface area contributed by atoms with Crippen LogP contribution in [0.3, 0.4) is 0 Å². The number of hydrogen-bond acceptors (Lipinski definition) is 4. The van der Waals surface area contributed by atoms with Crippen molar-refractivity contribution in [2.45, 2.75) is 19.8 Å². The maximum atomic E-state index is 12.5. The predicted molar refractivity (Wildman–Crippen MR) is 137 cm³/mol. The molecule has 170 valence electrons. The second-order valence-electron chi connectivity index (χ2n) is 7.15. The summed E-state index contributed by atoms with van der Waals surface area (Å²) in [5.74, 6) is -0.108. The molecule has 0 atom stereocenters. The number of rotatable bonds is 7. The van der Waals surface area contributed by atoms with Gasteiger partial charge in [-0.15, -0.1) is 0 Å². The Hall–Kier alpha value is -3.23. The molecule has 3 N–H and O–H groups in total. The fraction of sp³-hybridized carbons (Fsp3) is 0.160. The van der Waals surface area contributed by atoms with Gasteiger partial charge in [-0.2, -0.15) is 0 Å². The molecule has 0 aliphatic carbocycles. The minimum Gasteiger partial charge on any atom is -0.492 e. The summed E-state index contributed by atoms with van der Waals surface area (Å²) in [6, 6.07) is 22.1. The minimum atomic E-state index is -0.408. The average molecular weight is 526 g/mol. The van der Waals surface area contributed by atoms with Crippen molar-refractivity contribution in [2.24, 2.45) is 0 Å². The normalized spacial score (nSPS) is 10.2. The van der Waals surface area contributed by atoms with Crippen LogP contribution in [0.5, 0.6) is 5.75 Å². The van der Waals surface area contributed by atoms with Gasteiger partial charge in [-0.25, -0.2) is 0 Å². The standard InChI is InChI=1S/C25H24BrN3O3S/c1-2-3-15-32-22-14-13-20(16-21(22)26)23(30)27-25(33)29-28-24(31)19-11-9-18(10-12-19)17-7-5-4-6-8-17/h4-14,16H,2-3,15H2,1H3,(H,28,31)(H2,27,29,30,33). The largest absolute Gasteiger partial charge is 0.492 e. The third-order valence-corrected chi connectivity index (χ3v) is 5.54. The van der Waals surface area contributed by atoms with Gasteiger partial charge in [0, 0.05) is 11.1 Å². The highest BCUT2D eigenvalue weighted by Gasteiger charge is 2.12. The van der Waals surface area contributed by atoms with Crippen LogP contribution in [0.15, 0.2) is 77.3 Å². The van der Waals surface area contributed by atoms with E-state index >= 15 is 0 Å². The lowest BCUT2D eigenvalue weighted by Crippen LogP contribution is -2.48. The Balaban J connectivity index is 1.50. The minimum absolute atomic E-state index is 0.0198. The van der Waals surface area contributed by atoms with Crippen LogP contribution in [0.25, 0.3) is 11.1 Å². The van der Waals surface area contributed by atoms with E-state index in [-0.39, 0.29) is 11.0 Å². The monoisotopic (exact) mass is 525 g/mol. The molecule has 0 radical (unpaired) electrons. The lowest BCUT2D eigenvalue weighted by molar-refractivity contribution is 0.0934. The van der Waals surface area contributed by atoms with Crippen molar-refractivity contribution in [3.05, 3.63) is 88.4 Å². The Morgan fingerprint density at radius 3 is 2.21 bits per heavy atom. The summed E-state index contributed by atoms with van der Waals surface area (Å²) in [7, 11) is 0. The van der Waals surface area contributed by atoms with E-state index in [1.54, 1.807) is 30.3 Å². The maximum Gasteiger partial charge on any atom is 0.269 e. The van der Waals surface area contributed by atoms with E-state index in [2.05, 4.69) is 39.0 Å². The van der Waals surface area contributed by atoms with Crippen molar-refractivity contribution in [3.63, 3.8) is 0 Å². The van der Waals surface area contributed by atoms with Gasteiger partial charge in [0.15, 0.2) is 5.11 Å². The highest BCUT2D eigenvalue weighted by molar-refractivity contribution is 9.10. The zero-order chi connectivity index (χ0) is 23.6. The number of hydrogen-bond donors (Lipinski definition) is 3. The highest BCUT2D eigenvalue weighted by Crippen LogP contribution is 2.26. The zero-order valence-corrected chi connectivity index (χ0v) is 20.5. The van der Waals surface area contributed by atoms with Crippen LogP contribution in [0.4, 0.5) is 0 Å². The van der Waals surface area contributed by atoms with Crippen LogP contribution in [-0.4, -0.2) is 23.5 Å². The van der Waals surface area contributed by atoms with Crippen molar-refractivity contribution in [2.75, 3.05) is 6.61 Å². The molecule has 2 amide bonds. The first-order valence-electron chi connectivity index (χ1n) is 10.5. The molecular formula is C25H24BrN3O3S. The Labute approximate surface area is 206 Å². The van der Waals surface area contributed by atoms with Gasteiger partial charge < -0.3 is 4.74 Å². The molecule has 3 aromatic carbocycles. The summed E-state index contributed by atoms with van der Waals surface area (Å²) < 4.78 is 6.35. The molecule has 3 rings (SSSR count). The Kier molecular flexibility index (Phi) is 8.97. The maximum absolute atomic E-state index is 12.5. The third-order valence-electron chi connectivity index (χ3n) is 4.72. The number of hydrazine groups is 1. The summed E-state index contributed by atoms with van der Waals surface area (Å²) in [6.07, 6.45) is 2.00. The van der Waals surface area contributed by atoms with Crippen molar-refractivity contribution >= 4 is 45.1 Å². The van der Waals surface area contributed by atoms with Gasteiger partial charge in [0.25, 0.3) is 11.8 Å². The number of carbonyl (C=O) groups is 2. The molecule has 8 heteroatoms. The first-order chi connectivity index (χ1) is 16.0. The van der Waals surface area contributed by atoms with Gasteiger partial charge in [0.1, 0.15) is 5.75 Å². The number of ether oxygens (including phenoxy) is 1. The van der Waals surface area contributed by atoms with Crippen LogP contribution in [0.2, 0.25) is 0 Å². The Morgan fingerprint density at radius 2 is 1.55 bits per heavy atom. The smallest absolute Gasteiger partial charge is 0.269 e. The average Bonchev–Trinajstić information content (AvgIpc) is 2.84.